The summed E-state index contributed by atoms with van der Waals surface area (Å²) in [6.07, 6.45) is 3.36. The van der Waals surface area contributed by atoms with Crippen molar-refractivity contribution in [1.82, 2.24) is 9.88 Å². The van der Waals surface area contributed by atoms with Crippen molar-refractivity contribution in [3.8, 4) is 5.75 Å². The summed E-state index contributed by atoms with van der Waals surface area (Å²) in [6.45, 7) is 5.64. The first-order valence-electron chi connectivity index (χ1n) is 10.5. The molecule has 11 heteroatoms. The van der Waals surface area contributed by atoms with Gasteiger partial charge in [-0.3, -0.25) is 4.98 Å². The maximum Gasteiger partial charge on any atom is 0.410 e. The van der Waals surface area contributed by atoms with Crippen LogP contribution in [0, 0.1) is 23.4 Å². The molecular weight excluding hydrogens is 473 g/mol. The third-order valence-electron chi connectivity index (χ3n) is 5.18. The second kappa shape index (κ2) is 10.0. The number of halogens is 3. The van der Waals surface area contributed by atoms with E-state index in [2.05, 4.69) is 4.98 Å². The Bertz CT molecular complexity index is 1230. The number of carbonyl (C=O) groups excluding carboxylic acids is 1. The van der Waals surface area contributed by atoms with Crippen molar-refractivity contribution in [2.24, 2.45) is 5.92 Å². The smallest absolute Gasteiger partial charge is 0.410 e. The molecule has 0 spiro atoms. The number of amides is 1. The minimum Gasteiger partial charge on any atom is -0.484 e. The van der Waals surface area contributed by atoms with Crippen LogP contribution in [0.25, 0.3) is 5.57 Å². The first kappa shape index (κ1) is 25.5. The van der Waals surface area contributed by atoms with Gasteiger partial charge in [-0.15, -0.1) is 0 Å². The molecule has 2 heterocycles. The van der Waals surface area contributed by atoms with Gasteiger partial charge in [0.1, 0.15) is 23.0 Å². The van der Waals surface area contributed by atoms with Crippen LogP contribution in [0.2, 0.25) is 0 Å². The molecular formula is C23H25F3N2O5S. The molecule has 1 aromatic heterocycles. The summed E-state index contributed by atoms with van der Waals surface area (Å²) in [5.41, 5.74) is 1.21. The van der Waals surface area contributed by atoms with Crippen LogP contribution in [0.1, 0.15) is 32.0 Å². The van der Waals surface area contributed by atoms with Crippen LogP contribution in [0.5, 0.6) is 5.75 Å². The van der Waals surface area contributed by atoms with E-state index in [1.54, 1.807) is 18.7 Å². The van der Waals surface area contributed by atoms with E-state index in [1.165, 1.54) is 12.3 Å². The number of hydrogen-bond acceptors (Lipinski definition) is 6. The van der Waals surface area contributed by atoms with Gasteiger partial charge in [0.05, 0.1) is 6.10 Å². The number of nitrogens with zero attached hydrogens (tertiary/aromatic N) is 2. The topological polar surface area (TPSA) is 85.8 Å². The molecule has 0 saturated carbocycles. The van der Waals surface area contributed by atoms with Crippen molar-refractivity contribution in [3.63, 3.8) is 0 Å². The van der Waals surface area contributed by atoms with Gasteiger partial charge in [-0.25, -0.2) is 22.0 Å². The van der Waals surface area contributed by atoms with E-state index in [9.17, 15) is 26.4 Å². The fourth-order valence-electron chi connectivity index (χ4n) is 3.53. The molecule has 7 nitrogen and oxygen atoms in total. The van der Waals surface area contributed by atoms with Gasteiger partial charge < -0.3 is 14.4 Å². The molecule has 34 heavy (non-hydrogen) atoms. The highest BCUT2D eigenvalue weighted by molar-refractivity contribution is 7.90. The van der Waals surface area contributed by atoms with Crippen molar-refractivity contribution >= 4 is 21.5 Å². The predicted molar refractivity (Wildman–Crippen MR) is 118 cm³/mol. The monoisotopic (exact) mass is 498 g/mol. The highest BCUT2D eigenvalue weighted by Crippen LogP contribution is 2.29. The number of aromatic nitrogens is 1. The van der Waals surface area contributed by atoms with E-state index in [4.69, 9.17) is 9.47 Å². The quantitative estimate of drug-likeness (QED) is 0.588. The van der Waals surface area contributed by atoms with E-state index in [0.29, 0.717) is 18.7 Å². The van der Waals surface area contributed by atoms with Crippen LogP contribution >= 0.6 is 0 Å². The average Bonchev–Trinajstić information content (AvgIpc) is 2.74. The van der Waals surface area contributed by atoms with Crippen LogP contribution in [0.15, 0.2) is 35.4 Å². The van der Waals surface area contributed by atoms with Crippen molar-refractivity contribution in [3.05, 3.63) is 59.2 Å². The maximum absolute atomic E-state index is 14.7. The molecule has 1 atom stereocenters. The molecule has 1 aromatic carbocycles. The van der Waals surface area contributed by atoms with Crippen molar-refractivity contribution < 1.29 is 35.9 Å². The lowest BCUT2D eigenvalue weighted by Gasteiger charge is -2.31. The molecule has 0 radical (unpaired) electrons. The minimum atomic E-state index is -3.96. The Morgan fingerprint density at radius 3 is 2.53 bits per heavy atom. The number of benzene rings is 1. The van der Waals surface area contributed by atoms with Gasteiger partial charge >= 0.3 is 6.09 Å². The molecule has 1 aliphatic heterocycles. The second-order valence-electron chi connectivity index (χ2n) is 8.30. The van der Waals surface area contributed by atoms with Crippen molar-refractivity contribution in [1.29, 1.82) is 0 Å². The Kier molecular flexibility index (Phi) is 7.54. The Balaban J connectivity index is 1.72. The molecule has 2 aromatic rings. The number of sulfone groups is 1. The molecule has 0 N–H and O–H groups in total. The first-order chi connectivity index (χ1) is 15.9. The van der Waals surface area contributed by atoms with Gasteiger partial charge in [-0.1, -0.05) is 13.0 Å². The van der Waals surface area contributed by atoms with E-state index in [-0.39, 0.29) is 17.7 Å². The van der Waals surface area contributed by atoms with Crippen LogP contribution < -0.4 is 4.74 Å². The van der Waals surface area contributed by atoms with Gasteiger partial charge in [0.15, 0.2) is 21.4 Å². The Morgan fingerprint density at radius 2 is 1.94 bits per heavy atom. The number of ether oxygens (including phenoxy) is 2. The normalized spacial score (nSPS) is 16.4. The Hall–Kier alpha value is -3.08. The van der Waals surface area contributed by atoms with Crippen LogP contribution in [-0.2, 0) is 21.2 Å². The summed E-state index contributed by atoms with van der Waals surface area (Å²) < 4.78 is 76.2. The van der Waals surface area contributed by atoms with E-state index in [0.717, 1.165) is 24.0 Å². The average molecular weight is 499 g/mol. The van der Waals surface area contributed by atoms with Crippen LogP contribution in [0.3, 0.4) is 0 Å². The highest BCUT2D eigenvalue weighted by atomic mass is 32.2. The van der Waals surface area contributed by atoms with Gasteiger partial charge in [0, 0.05) is 25.5 Å². The molecule has 0 aliphatic carbocycles. The number of carbonyl (C=O) groups is 1. The molecule has 0 saturated heterocycles. The summed E-state index contributed by atoms with van der Waals surface area (Å²) in [5, 5.41) is 0. The Morgan fingerprint density at radius 1 is 1.24 bits per heavy atom. The molecule has 1 unspecified atom stereocenters. The Labute approximate surface area is 196 Å². The minimum absolute atomic E-state index is 0.0952. The number of rotatable bonds is 6. The summed E-state index contributed by atoms with van der Waals surface area (Å²) in [6, 6.07) is 3.11. The lowest BCUT2D eigenvalue weighted by atomic mass is 9.91. The lowest BCUT2D eigenvalue weighted by molar-refractivity contribution is 0.0769. The van der Waals surface area contributed by atoms with Crippen molar-refractivity contribution in [2.45, 2.75) is 38.4 Å². The van der Waals surface area contributed by atoms with Crippen LogP contribution in [0.4, 0.5) is 18.0 Å². The number of hydrogen-bond donors (Lipinski definition) is 0. The largest absolute Gasteiger partial charge is 0.484 e. The van der Waals surface area contributed by atoms with Gasteiger partial charge in [0.2, 0.25) is 5.82 Å². The fourth-order valence-corrected chi connectivity index (χ4v) is 4.26. The van der Waals surface area contributed by atoms with Crippen LogP contribution in [-0.4, -0.2) is 49.8 Å². The zero-order valence-corrected chi connectivity index (χ0v) is 20.0. The lowest BCUT2D eigenvalue weighted by Crippen LogP contribution is -2.39. The third kappa shape index (κ3) is 5.69. The van der Waals surface area contributed by atoms with E-state index < -0.39 is 50.6 Å². The van der Waals surface area contributed by atoms with Gasteiger partial charge in [-0.05, 0) is 49.1 Å². The summed E-state index contributed by atoms with van der Waals surface area (Å²) >= 11 is 0. The fraction of sp³-hybridized carbons (Fsp3) is 0.391. The summed E-state index contributed by atoms with van der Waals surface area (Å²) in [5.74, 6) is -4.41. The summed E-state index contributed by atoms with van der Waals surface area (Å²) in [7, 11) is -3.96. The molecule has 0 bridgehead atoms. The molecule has 3 rings (SSSR count). The second-order valence-corrected chi connectivity index (χ2v) is 10.3. The molecule has 1 aliphatic rings. The zero-order valence-electron chi connectivity index (χ0n) is 19.1. The number of pyridine rings is 1. The molecule has 184 valence electrons. The standard InChI is InChI=1S/C23H25F3N2O5S/c1-13(2)33-23(29)28-8-7-16(14(3)11-28)15-9-17(24)18(27-10-15)12-32-19-5-6-20(34(4,30)31)22(26)21(19)25/h5-7,9-10,13-14H,8,11-12H2,1-4H3. The first-order valence-corrected chi connectivity index (χ1v) is 12.4. The SMILES string of the molecule is CC(C)OC(=O)N1CC=C(c2cnc(COc3ccc(S(C)(=O)=O)c(F)c3F)c(F)c2)C(C)C1. The van der Waals surface area contributed by atoms with Gasteiger partial charge in [0.25, 0.3) is 0 Å². The molecule has 0 fully saturated rings. The zero-order chi connectivity index (χ0) is 25.2. The van der Waals surface area contributed by atoms with Gasteiger partial charge in [-0.2, -0.15) is 4.39 Å². The third-order valence-corrected chi connectivity index (χ3v) is 6.29. The summed E-state index contributed by atoms with van der Waals surface area (Å²) in [4.78, 5) is 16.9. The van der Waals surface area contributed by atoms with E-state index in [1.807, 2.05) is 13.0 Å². The van der Waals surface area contributed by atoms with Crippen molar-refractivity contribution in [2.75, 3.05) is 19.3 Å². The molecule has 1 amide bonds. The predicted octanol–water partition coefficient (Wildman–Crippen LogP) is 4.36. The maximum atomic E-state index is 14.7. The highest BCUT2D eigenvalue weighted by Gasteiger charge is 2.26. The van der Waals surface area contributed by atoms with E-state index >= 15 is 0 Å².